The molecule has 15 heavy (non-hydrogen) atoms. The SMILES string of the molecule is CCCc1ccc(-c2cccnc2)cc1. The van der Waals surface area contributed by atoms with Crippen LogP contribution in [0.4, 0.5) is 0 Å². The van der Waals surface area contributed by atoms with Crippen LogP contribution in [-0.4, -0.2) is 4.98 Å². The zero-order valence-electron chi connectivity index (χ0n) is 8.98. The van der Waals surface area contributed by atoms with E-state index in [0.717, 1.165) is 6.42 Å². The topological polar surface area (TPSA) is 12.9 Å². The van der Waals surface area contributed by atoms with E-state index in [0.29, 0.717) is 0 Å². The van der Waals surface area contributed by atoms with Crippen LogP contribution in [0.3, 0.4) is 0 Å². The Bertz CT molecular complexity index is 403. The van der Waals surface area contributed by atoms with Crippen molar-refractivity contribution >= 4 is 0 Å². The highest BCUT2D eigenvalue weighted by Crippen LogP contribution is 2.18. The number of aromatic nitrogens is 1. The molecule has 0 fully saturated rings. The second kappa shape index (κ2) is 4.74. The average Bonchev–Trinajstić information content (AvgIpc) is 2.32. The lowest BCUT2D eigenvalue weighted by Gasteiger charge is -2.02. The van der Waals surface area contributed by atoms with E-state index in [1.165, 1.54) is 23.1 Å². The van der Waals surface area contributed by atoms with Crippen LogP contribution in [0.5, 0.6) is 0 Å². The number of aryl methyl sites for hydroxylation is 1. The molecule has 0 saturated carbocycles. The summed E-state index contributed by atoms with van der Waals surface area (Å²) < 4.78 is 0. The van der Waals surface area contributed by atoms with Crippen molar-refractivity contribution in [1.29, 1.82) is 0 Å². The Morgan fingerprint density at radius 3 is 2.40 bits per heavy atom. The molecule has 2 rings (SSSR count). The number of hydrogen-bond acceptors (Lipinski definition) is 1. The number of rotatable bonds is 3. The molecule has 0 unspecified atom stereocenters. The molecule has 76 valence electrons. The molecule has 1 aromatic heterocycles. The van der Waals surface area contributed by atoms with E-state index >= 15 is 0 Å². The molecule has 1 aromatic carbocycles. The summed E-state index contributed by atoms with van der Waals surface area (Å²) in [4.78, 5) is 4.12. The van der Waals surface area contributed by atoms with Crippen LogP contribution in [0, 0.1) is 0 Å². The summed E-state index contributed by atoms with van der Waals surface area (Å²) in [5.74, 6) is 0. The maximum atomic E-state index is 4.12. The van der Waals surface area contributed by atoms with Gasteiger partial charge in [-0.3, -0.25) is 4.98 Å². The Morgan fingerprint density at radius 1 is 1.00 bits per heavy atom. The molecule has 2 aromatic rings. The van der Waals surface area contributed by atoms with Gasteiger partial charge in [-0.05, 0) is 29.2 Å². The third kappa shape index (κ3) is 2.44. The van der Waals surface area contributed by atoms with Crippen LogP contribution in [0.15, 0.2) is 48.8 Å². The lowest BCUT2D eigenvalue weighted by Crippen LogP contribution is -1.83. The Balaban J connectivity index is 2.24. The quantitative estimate of drug-likeness (QED) is 0.731. The Hall–Kier alpha value is -1.63. The lowest BCUT2D eigenvalue weighted by molar-refractivity contribution is 0.922. The highest BCUT2D eigenvalue weighted by molar-refractivity contribution is 5.62. The maximum absolute atomic E-state index is 4.12. The van der Waals surface area contributed by atoms with Gasteiger partial charge in [0, 0.05) is 12.4 Å². The summed E-state index contributed by atoms with van der Waals surface area (Å²) in [6.45, 7) is 2.20. The largest absolute Gasteiger partial charge is 0.264 e. The van der Waals surface area contributed by atoms with Crippen molar-refractivity contribution in [3.8, 4) is 11.1 Å². The van der Waals surface area contributed by atoms with Crippen LogP contribution >= 0.6 is 0 Å². The van der Waals surface area contributed by atoms with Gasteiger partial charge < -0.3 is 0 Å². The molecule has 0 amide bonds. The minimum atomic E-state index is 1.16. The fourth-order valence-corrected chi connectivity index (χ4v) is 1.69. The molecule has 0 saturated heterocycles. The first-order valence-corrected chi connectivity index (χ1v) is 5.39. The summed E-state index contributed by atoms with van der Waals surface area (Å²) in [5, 5.41) is 0. The van der Waals surface area contributed by atoms with Gasteiger partial charge in [0.2, 0.25) is 0 Å². The molecule has 0 bridgehead atoms. The summed E-state index contributed by atoms with van der Waals surface area (Å²) in [6.07, 6.45) is 6.06. The average molecular weight is 197 g/mol. The van der Waals surface area contributed by atoms with E-state index in [4.69, 9.17) is 0 Å². The molecule has 0 radical (unpaired) electrons. The van der Waals surface area contributed by atoms with E-state index < -0.39 is 0 Å². The third-order valence-electron chi connectivity index (χ3n) is 2.49. The molecule has 0 aliphatic rings. The third-order valence-corrected chi connectivity index (χ3v) is 2.49. The van der Waals surface area contributed by atoms with Gasteiger partial charge in [-0.1, -0.05) is 43.7 Å². The highest BCUT2D eigenvalue weighted by Gasteiger charge is 1.96. The Labute approximate surface area is 90.8 Å². The molecule has 1 heterocycles. The van der Waals surface area contributed by atoms with Gasteiger partial charge in [0.15, 0.2) is 0 Å². The predicted octanol–water partition coefficient (Wildman–Crippen LogP) is 3.70. The summed E-state index contributed by atoms with van der Waals surface area (Å²) in [6, 6.07) is 12.8. The zero-order valence-corrected chi connectivity index (χ0v) is 8.98. The minimum Gasteiger partial charge on any atom is -0.264 e. The summed E-state index contributed by atoms with van der Waals surface area (Å²) in [5.41, 5.74) is 3.83. The Morgan fingerprint density at radius 2 is 1.80 bits per heavy atom. The maximum Gasteiger partial charge on any atom is 0.0346 e. The number of hydrogen-bond donors (Lipinski definition) is 0. The van der Waals surface area contributed by atoms with Crippen molar-refractivity contribution < 1.29 is 0 Å². The number of pyridine rings is 1. The van der Waals surface area contributed by atoms with Crippen molar-refractivity contribution in [2.75, 3.05) is 0 Å². The monoisotopic (exact) mass is 197 g/mol. The van der Waals surface area contributed by atoms with Gasteiger partial charge in [-0.15, -0.1) is 0 Å². The van der Waals surface area contributed by atoms with Crippen molar-refractivity contribution in [3.63, 3.8) is 0 Å². The van der Waals surface area contributed by atoms with Crippen molar-refractivity contribution in [3.05, 3.63) is 54.4 Å². The van der Waals surface area contributed by atoms with E-state index in [1.54, 1.807) is 6.20 Å². The molecule has 1 heteroatoms. The standard InChI is InChI=1S/C14H15N/c1-2-4-12-6-8-13(9-7-12)14-5-3-10-15-11-14/h3,5-11H,2,4H2,1H3. The number of nitrogens with zero attached hydrogens (tertiary/aromatic N) is 1. The van der Waals surface area contributed by atoms with Gasteiger partial charge in [-0.25, -0.2) is 0 Å². The molecular formula is C14H15N. The highest BCUT2D eigenvalue weighted by atomic mass is 14.6. The van der Waals surface area contributed by atoms with E-state index in [9.17, 15) is 0 Å². The molecule has 1 nitrogen and oxygen atoms in total. The van der Waals surface area contributed by atoms with Gasteiger partial charge >= 0.3 is 0 Å². The van der Waals surface area contributed by atoms with Crippen LogP contribution in [0.1, 0.15) is 18.9 Å². The second-order valence-electron chi connectivity index (χ2n) is 3.69. The van der Waals surface area contributed by atoms with Crippen LogP contribution in [-0.2, 0) is 6.42 Å². The van der Waals surface area contributed by atoms with E-state index in [1.807, 2.05) is 12.3 Å². The fraction of sp³-hybridized carbons (Fsp3) is 0.214. The minimum absolute atomic E-state index is 1.16. The zero-order chi connectivity index (χ0) is 10.5. The first-order valence-electron chi connectivity index (χ1n) is 5.39. The van der Waals surface area contributed by atoms with Crippen LogP contribution in [0.2, 0.25) is 0 Å². The molecule has 0 aliphatic carbocycles. The first-order chi connectivity index (χ1) is 7.40. The molecule has 0 aliphatic heterocycles. The summed E-state index contributed by atoms with van der Waals surface area (Å²) >= 11 is 0. The first kappa shape index (κ1) is 9.91. The molecule has 0 N–H and O–H groups in total. The van der Waals surface area contributed by atoms with Crippen LogP contribution < -0.4 is 0 Å². The van der Waals surface area contributed by atoms with Gasteiger partial charge in [0.1, 0.15) is 0 Å². The lowest BCUT2D eigenvalue weighted by atomic mass is 10.0. The Kier molecular flexibility index (Phi) is 3.13. The normalized spacial score (nSPS) is 10.2. The van der Waals surface area contributed by atoms with Gasteiger partial charge in [0.05, 0.1) is 0 Å². The predicted molar refractivity (Wildman–Crippen MR) is 63.7 cm³/mol. The van der Waals surface area contributed by atoms with Gasteiger partial charge in [0.25, 0.3) is 0 Å². The number of benzene rings is 1. The fourth-order valence-electron chi connectivity index (χ4n) is 1.69. The molecular weight excluding hydrogens is 182 g/mol. The van der Waals surface area contributed by atoms with Crippen LogP contribution in [0.25, 0.3) is 11.1 Å². The van der Waals surface area contributed by atoms with Crippen molar-refractivity contribution in [1.82, 2.24) is 4.98 Å². The molecule has 0 spiro atoms. The van der Waals surface area contributed by atoms with Crippen molar-refractivity contribution in [2.24, 2.45) is 0 Å². The van der Waals surface area contributed by atoms with E-state index in [2.05, 4.69) is 42.2 Å². The second-order valence-corrected chi connectivity index (χ2v) is 3.69. The molecule has 0 atom stereocenters. The van der Waals surface area contributed by atoms with Crippen molar-refractivity contribution in [2.45, 2.75) is 19.8 Å². The van der Waals surface area contributed by atoms with Gasteiger partial charge in [-0.2, -0.15) is 0 Å². The summed E-state index contributed by atoms with van der Waals surface area (Å²) in [7, 11) is 0. The van der Waals surface area contributed by atoms with E-state index in [-0.39, 0.29) is 0 Å². The smallest absolute Gasteiger partial charge is 0.0346 e.